The molecule has 7 unspecified atom stereocenters. The first-order valence-electron chi connectivity index (χ1n) is 18.6. The van der Waals surface area contributed by atoms with Gasteiger partial charge in [0.1, 0.15) is 35.2 Å². The third kappa shape index (κ3) is 11.7. The van der Waals surface area contributed by atoms with Crippen molar-refractivity contribution in [3.8, 4) is 17.2 Å². The Hall–Kier alpha value is -5.87. The third-order valence-electron chi connectivity index (χ3n) is 8.88. The number of likely N-dealkylation sites (tertiary alicyclic amines) is 1. The number of benzene rings is 2. The van der Waals surface area contributed by atoms with Crippen molar-refractivity contribution < 1.29 is 75.6 Å². The van der Waals surface area contributed by atoms with Crippen LogP contribution in [0.25, 0.3) is 22.6 Å². The fourth-order valence-electron chi connectivity index (χ4n) is 6.41. The predicted octanol–water partition coefficient (Wildman–Crippen LogP) is 2.17. The first-order valence-corrected chi connectivity index (χ1v) is 19.9. The van der Waals surface area contributed by atoms with Crippen molar-refractivity contribution in [2.45, 2.75) is 95.5 Å². The van der Waals surface area contributed by atoms with E-state index in [1.807, 2.05) is 5.32 Å². The van der Waals surface area contributed by atoms with Crippen LogP contribution in [0.15, 0.2) is 33.5 Å². The van der Waals surface area contributed by atoms with E-state index < -0.39 is 107 Å². The maximum absolute atomic E-state index is 14.0. The van der Waals surface area contributed by atoms with Crippen LogP contribution in [0, 0.1) is 0 Å². The molecule has 4 aliphatic rings. The van der Waals surface area contributed by atoms with Crippen molar-refractivity contribution in [3.05, 3.63) is 45.1 Å². The first-order chi connectivity index (χ1) is 28.8. The highest BCUT2D eigenvalue weighted by Gasteiger charge is 2.53. The number of fused-ring (bicyclic) bond motifs is 2. The van der Waals surface area contributed by atoms with Gasteiger partial charge in [0.15, 0.2) is 29.0 Å². The van der Waals surface area contributed by atoms with E-state index in [-0.39, 0.29) is 65.7 Å². The zero-order valence-electron chi connectivity index (χ0n) is 33.2. The van der Waals surface area contributed by atoms with Crippen molar-refractivity contribution >= 4 is 82.0 Å². The number of hydrogen-bond donors (Lipinski definition) is 2. The number of imide groups is 1. The summed E-state index contributed by atoms with van der Waals surface area (Å²) in [6.07, 6.45) is -7.24. The Morgan fingerprint density at radius 2 is 1.61 bits per heavy atom. The highest BCUT2D eigenvalue weighted by molar-refractivity contribution is 8.01. The lowest BCUT2D eigenvalue weighted by Crippen LogP contribution is -2.63. The topological polar surface area (TPSA) is 262 Å². The number of halogens is 2. The van der Waals surface area contributed by atoms with Crippen LogP contribution in [0.5, 0.6) is 5.75 Å². The summed E-state index contributed by atoms with van der Waals surface area (Å²) in [6, 6.07) is 5.04. The van der Waals surface area contributed by atoms with E-state index in [9.17, 15) is 47.5 Å². The molecule has 20 nitrogen and oxygen atoms in total. The average Bonchev–Trinajstić information content (AvgIpc) is 3.41. The molecule has 2 N–H and O–H groups in total. The van der Waals surface area contributed by atoms with Crippen molar-refractivity contribution in [2.75, 3.05) is 19.7 Å². The molecule has 1 aromatic rings. The van der Waals surface area contributed by atoms with Crippen LogP contribution in [0.3, 0.4) is 0 Å². The number of hydrogen-bond acceptors (Lipinski definition) is 18. The van der Waals surface area contributed by atoms with Gasteiger partial charge in [-0.1, -0.05) is 23.4 Å². The summed E-state index contributed by atoms with van der Waals surface area (Å²) < 4.78 is 53.5. The molecule has 0 aromatic heterocycles. The minimum Gasteiger partial charge on any atom is -0.463 e. The molecule has 3 heterocycles. The van der Waals surface area contributed by atoms with Crippen LogP contribution in [0.1, 0.15) is 64.2 Å². The van der Waals surface area contributed by atoms with Gasteiger partial charge in [0.25, 0.3) is 5.91 Å². The van der Waals surface area contributed by atoms with Gasteiger partial charge in [-0.05, 0) is 31.0 Å². The Kier molecular flexibility index (Phi) is 15.2. The van der Waals surface area contributed by atoms with Crippen molar-refractivity contribution in [2.24, 2.45) is 0 Å². The average molecular weight is 895 g/mol. The number of carbonyl (C=O) groups is 8. The molecule has 2 fully saturated rings. The number of unbranched alkanes of at least 4 members (excludes halogenated alkanes) is 1. The highest BCUT2D eigenvalue weighted by atomic mass is 35.5. The van der Waals surface area contributed by atoms with Crippen LogP contribution in [-0.4, -0.2) is 119 Å². The van der Waals surface area contributed by atoms with Crippen LogP contribution in [0.2, 0.25) is 5.02 Å². The van der Waals surface area contributed by atoms with Crippen LogP contribution in [-0.2, 0) is 57.2 Å². The second kappa shape index (κ2) is 20.1. The maximum atomic E-state index is 14.0. The molecule has 23 heteroatoms. The van der Waals surface area contributed by atoms with E-state index in [1.54, 1.807) is 0 Å². The molecule has 5 rings (SSSR count). The molecular formula is C38H40ClFN4O16S. The number of rotatable bonds is 16. The zero-order valence-corrected chi connectivity index (χ0v) is 34.8. The summed E-state index contributed by atoms with van der Waals surface area (Å²) in [6.45, 7) is 4.93. The Bertz CT molecular complexity index is 2260. The second-order valence-electron chi connectivity index (χ2n) is 13.6. The van der Waals surface area contributed by atoms with E-state index in [0.717, 1.165) is 45.6 Å². The van der Waals surface area contributed by atoms with E-state index in [0.29, 0.717) is 11.8 Å². The van der Waals surface area contributed by atoms with Gasteiger partial charge in [-0.2, -0.15) is 0 Å². The quantitative estimate of drug-likeness (QED) is 0.0397. The van der Waals surface area contributed by atoms with Crippen molar-refractivity contribution in [1.82, 2.24) is 20.5 Å². The van der Waals surface area contributed by atoms with E-state index in [1.165, 1.54) is 18.2 Å². The van der Waals surface area contributed by atoms with Gasteiger partial charge in [-0.15, -0.1) is 0 Å². The number of thioether (sulfide) groups is 1. The first kappa shape index (κ1) is 46.2. The molecule has 7 atom stereocenters. The predicted molar refractivity (Wildman–Crippen MR) is 207 cm³/mol. The number of nitrogens with zero attached hydrogens (tertiary/aromatic N) is 2. The van der Waals surface area contributed by atoms with Gasteiger partial charge in [-0.25, -0.2) is 9.37 Å². The number of alkyl halides is 1. The monoisotopic (exact) mass is 894 g/mol. The van der Waals surface area contributed by atoms with Gasteiger partial charge >= 0.3 is 23.9 Å². The highest BCUT2D eigenvalue weighted by Crippen LogP contribution is 2.37. The molecule has 0 radical (unpaired) electrons. The number of aromatic nitrogens is 1. The minimum atomic E-state index is -1.86. The molecule has 0 bridgehead atoms. The number of amides is 4. The molecule has 2 saturated heterocycles. The SMILES string of the molecule is CC(=O)NC(F)SC1CC(=O)N(CCCCNC(=O)c2c3oc4cc(OC5OC(COC(C)=O)C(OC(C)=O)C(OC(C)=O)C5OC(C)=O)c(Cl)cc4nc-3ccc2=O)C1=O. The van der Waals surface area contributed by atoms with E-state index >= 15 is 0 Å². The lowest BCUT2D eigenvalue weighted by molar-refractivity contribution is -0.288. The lowest BCUT2D eigenvalue weighted by atomic mass is 9.98. The van der Waals surface area contributed by atoms with Gasteiger partial charge in [0.2, 0.25) is 35.7 Å². The van der Waals surface area contributed by atoms with Crippen LogP contribution >= 0.6 is 23.4 Å². The molecule has 3 aliphatic heterocycles. The summed E-state index contributed by atoms with van der Waals surface area (Å²) in [7, 11) is 0. The zero-order chi connectivity index (χ0) is 44.7. The summed E-state index contributed by atoms with van der Waals surface area (Å²) in [4.78, 5) is 116. The van der Waals surface area contributed by atoms with Gasteiger partial charge < -0.3 is 43.5 Å². The summed E-state index contributed by atoms with van der Waals surface area (Å²) in [5.41, 5.74) is -2.76. The fourth-order valence-corrected chi connectivity index (χ4v) is 7.62. The smallest absolute Gasteiger partial charge is 0.303 e. The summed E-state index contributed by atoms with van der Waals surface area (Å²) in [5.74, 6) is -6.20. The van der Waals surface area contributed by atoms with E-state index in [4.69, 9.17) is 44.4 Å². The summed E-state index contributed by atoms with van der Waals surface area (Å²) >= 11 is 7.12. The largest absolute Gasteiger partial charge is 0.463 e. The number of ether oxygens (including phenoxy) is 6. The Balaban J connectivity index is 1.35. The van der Waals surface area contributed by atoms with Gasteiger partial charge in [-0.3, -0.25) is 48.1 Å². The van der Waals surface area contributed by atoms with Crippen LogP contribution in [0.4, 0.5) is 4.39 Å². The van der Waals surface area contributed by atoms with Crippen molar-refractivity contribution in [3.63, 3.8) is 0 Å². The number of carbonyl (C=O) groups excluding carboxylic acids is 8. The molecule has 4 amide bonds. The molecule has 0 saturated carbocycles. The van der Waals surface area contributed by atoms with Crippen LogP contribution < -0.4 is 20.8 Å². The molecular weight excluding hydrogens is 855 g/mol. The molecule has 0 spiro atoms. The third-order valence-corrected chi connectivity index (χ3v) is 10.2. The fraction of sp³-hybridized carbons (Fsp3) is 0.474. The number of nitrogens with one attached hydrogen (secondary N) is 2. The number of esters is 4. The minimum absolute atomic E-state index is 0.00147. The second-order valence-corrected chi connectivity index (χ2v) is 15.3. The maximum Gasteiger partial charge on any atom is 0.303 e. The molecule has 1 aliphatic carbocycles. The lowest BCUT2D eigenvalue weighted by Gasteiger charge is -2.43. The van der Waals surface area contributed by atoms with Crippen molar-refractivity contribution in [1.29, 1.82) is 0 Å². The molecule has 61 heavy (non-hydrogen) atoms. The van der Waals surface area contributed by atoms with Gasteiger partial charge in [0, 0.05) is 60.2 Å². The molecule has 328 valence electrons. The molecule has 1 aromatic carbocycles. The Morgan fingerprint density at radius 1 is 0.934 bits per heavy atom. The Labute approximate surface area is 354 Å². The summed E-state index contributed by atoms with van der Waals surface area (Å²) in [5, 5.41) is 3.56. The normalized spacial score (nSPS) is 21.7. The Morgan fingerprint density at radius 3 is 2.26 bits per heavy atom. The van der Waals surface area contributed by atoms with E-state index in [2.05, 4.69) is 10.3 Å². The van der Waals surface area contributed by atoms with Gasteiger partial charge in [0.05, 0.1) is 10.3 Å². The standard InChI is InChI=1S/C38H40ClFN4O16S/c1-16(45)42-38(40)61-28-14-29(51)44(36(28)53)11-7-6-10-41-35(52)30-24(50)9-8-22-31(30)58-26-13-25(21(39)12-23(26)43-22)59-37-34(57-20(5)49)33(56-19(4)48)32(55-18(3)47)27(60-37)15-54-17(2)46/h8-9,12-13,27-28,32-34,37-38H,6-7,10-11,14-15H2,1-5H3,(H,41,52)(H,42,45).